The standard InChI is InChI=1S/C13H25N5S/c1-6-7-18(9-8-16(3)4)13-11(12(14)19)10(2)15-17(13)5/h6-9H2,1-5H3,(H2,14,19). The van der Waals surface area contributed by atoms with Crippen molar-refractivity contribution in [2.45, 2.75) is 20.3 Å². The maximum absolute atomic E-state index is 5.86. The summed E-state index contributed by atoms with van der Waals surface area (Å²) < 4.78 is 1.88. The third-order valence-electron chi connectivity index (χ3n) is 3.05. The van der Waals surface area contributed by atoms with Gasteiger partial charge in [-0.1, -0.05) is 19.1 Å². The molecule has 0 fully saturated rings. The quantitative estimate of drug-likeness (QED) is 0.761. The highest BCUT2D eigenvalue weighted by atomic mass is 32.1. The van der Waals surface area contributed by atoms with Gasteiger partial charge in [0.2, 0.25) is 0 Å². The Bertz CT molecular complexity index is 438. The van der Waals surface area contributed by atoms with Crippen molar-refractivity contribution in [2.75, 3.05) is 38.6 Å². The van der Waals surface area contributed by atoms with Crippen LogP contribution in [0.5, 0.6) is 0 Å². The number of likely N-dealkylation sites (N-methyl/N-ethyl adjacent to an activating group) is 1. The lowest BCUT2D eigenvalue weighted by atomic mass is 10.2. The molecule has 108 valence electrons. The molecule has 0 aliphatic heterocycles. The summed E-state index contributed by atoms with van der Waals surface area (Å²) in [5.41, 5.74) is 7.67. The molecule has 2 N–H and O–H groups in total. The summed E-state index contributed by atoms with van der Waals surface area (Å²) in [6, 6.07) is 0. The number of thiocarbonyl (C=S) groups is 1. The molecule has 1 heterocycles. The molecule has 0 aliphatic carbocycles. The van der Waals surface area contributed by atoms with E-state index in [9.17, 15) is 0 Å². The van der Waals surface area contributed by atoms with Gasteiger partial charge in [-0.15, -0.1) is 0 Å². The van der Waals surface area contributed by atoms with Crippen LogP contribution in [0.1, 0.15) is 24.6 Å². The van der Waals surface area contributed by atoms with Crippen LogP contribution in [0.25, 0.3) is 0 Å². The molecule has 0 atom stereocenters. The average Bonchev–Trinajstić information content (AvgIpc) is 2.59. The molecular weight excluding hydrogens is 258 g/mol. The van der Waals surface area contributed by atoms with Gasteiger partial charge in [0.15, 0.2) is 0 Å². The Kier molecular flexibility index (Phi) is 5.75. The summed E-state index contributed by atoms with van der Waals surface area (Å²) >= 11 is 5.18. The van der Waals surface area contributed by atoms with Crippen LogP contribution in [0.3, 0.4) is 0 Å². The Morgan fingerprint density at radius 1 is 1.32 bits per heavy atom. The van der Waals surface area contributed by atoms with Gasteiger partial charge in [-0.05, 0) is 27.4 Å². The Labute approximate surface area is 121 Å². The zero-order chi connectivity index (χ0) is 14.6. The second kappa shape index (κ2) is 6.86. The van der Waals surface area contributed by atoms with E-state index >= 15 is 0 Å². The summed E-state index contributed by atoms with van der Waals surface area (Å²) in [7, 11) is 6.10. The lowest BCUT2D eigenvalue weighted by Crippen LogP contribution is -2.35. The molecule has 0 saturated carbocycles. The Balaban J connectivity index is 3.10. The number of rotatable bonds is 7. The number of aryl methyl sites for hydroxylation is 2. The third kappa shape index (κ3) is 3.91. The largest absolute Gasteiger partial charge is 0.389 e. The van der Waals surface area contributed by atoms with Crippen LogP contribution in [0.4, 0.5) is 5.82 Å². The maximum Gasteiger partial charge on any atom is 0.137 e. The first kappa shape index (κ1) is 15.9. The second-order valence-electron chi connectivity index (χ2n) is 5.06. The molecule has 0 aromatic carbocycles. The van der Waals surface area contributed by atoms with Crippen molar-refractivity contribution in [3.63, 3.8) is 0 Å². The number of nitrogens with two attached hydrogens (primary N) is 1. The molecule has 0 spiro atoms. The van der Waals surface area contributed by atoms with Gasteiger partial charge in [-0.3, -0.25) is 4.68 Å². The molecule has 0 saturated heterocycles. The molecule has 5 nitrogen and oxygen atoms in total. The minimum absolute atomic E-state index is 0.423. The molecule has 0 amide bonds. The van der Waals surface area contributed by atoms with Crippen LogP contribution in [-0.4, -0.2) is 53.4 Å². The summed E-state index contributed by atoms with van der Waals surface area (Å²) in [5, 5.41) is 4.46. The van der Waals surface area contributed by atoms with Crippen LogP contribution in [0, 0.1) is 6.92 Å². The minimum atomic E-state index is 0.423. The van der Waals surface area contributed by atoms with Crippen molar-refractivity contribution in [2.24, 2.45) is 12.8 Å². The van der Waals surface area contributed by atoms with E-state index in [4.69, 9.17) is 18.0 Å². The van der Waals surface area contributed by atoms with E-state index in [-0.39, 0.29) is 0 Å². The number of nitrogens with zero attached hydrogens (tertiary/aromatic N) is 4. The Morgan fingerprint density at radius 2 is 1.95 bits per heavy atom. The van der Waals surface area contributed by atoms with Gasteiger partial charge in [0.05, 0.1) is 11.3 Å². The zero-order valence-electron chi connectivity index (χ0n) is 12.6. The number of aromatic nitrogens is 2. The van der Waals surface area contributed by atoms with E-state index in [1.54, 1.807) is 0 Å². The van der Waals surface area contributed by atoms with E-state index < -0.39 is 0 Å². The monoisotopic (exact) mass is 283 g/mol. The first-order chi connectivity index (χ1) is 8.88. The summed E-state index contributed by atoms with van der Waals surface area (Å²) in [6.45, 7) is 7.03. The van der Waals surface area contributed by atoms with Crippen molar-refractivity contribution < 1.29 is 0 Å². The van der Waals surface area contributed by atoms with E-state index in [1.165, 1.54) is 0 Å². The van der Waals surface area contributed by atoms with Crippen LogP contribution in [-0.2, 0) is 7.05 Å². The van der Waals surface area contributed by atoms with E-state index in [2.05, 4.69) is 35.9 Å². The molecular formula is C13H25N5S. The Morgan fingerprint density at radius 3 is 2.42 bits per heavy atom. The normalized spacial score (nSPS) is 11.1. The first-order valence-electron chi connectivity index (χ1n) is 6.61. The molecule has 1 rings (SSSR count). The van der Waals surface area contributed by atoms with E-state index in [0.717, 1.165) is 43.1 Å². The highest BCUT2D eigenvalue weighted by molar-refractivity contribution is 7.80. The Hall–Kier alpha value is -1.14. The van der Waals surface area contributed by atoms with Crippen molar-refractivity contribution >= 4 is 23.0 Å². The predicted octanol–water partition coefficient (Wildman–Crippen LogP) is 1.14. The van der Waals surface area contributed by atoms with Crippen LogP contribution in [0.2, 0.25) is 0 Å². The SMILES string of the molecule is CCCN(CCN(C)C)c1c(C(N)=S)c(C)nn1C. The van der Waals surface area contributed by atoms with Crippen LogP contribution < -0.4 is 10.6 Å². The van der Waals surface area contributed by atoms with Crippen molar-refractivity contribution in [3.8, 4) is 0 Å². The first-order valence-corrected chi connectivity index (χ1v) is 7.02. The van der Waals surface area contributed by atoms with Gasteiger partial charge >= 0.3 is 0 Å². The molecule has 1 aromatic rings. The molecule has 6 heteroatoms. The predicted molar refractivity (Wildman–Crippen MR) is 84.9 cm³/mol. The summed E-state index contributed by atoms with van der Waals surface area (Å²) in [6.07, 6.45) is 1.08. The lowest BCUT2D eigenvalue weighted by Gasteiger charge is -2.26. The molecule has 0 bridgehead atoms. The lowest BCUT2D eigenvalue weighted by molar-refractivity contribution is 0.411. The van der Waals surface area contributed by atoms with E-state index in [1.807, 2.05) is 18.7 Å². The molecule has 0 radical (unpaired) electrons. The molecule has 19 heavy (non-hydrogen) atoms. The topological polar surface area (TPSA) is 50.3 Å². The fraction of sp³-hybridized carbons (Fsp3) is 0.692. The van der Waals surface area contributed by atoms with Crippen molar-refractivity contribution in [1.29, 1.82) is 0 Å². The average molecular weight is 283 g/mol. The van der Waals surface area contributed by atoms with Gasteiger partial charge < -0.3 is 15.5 Å². The van der Waals surface area contributed by atoms with Gasteiger partial charge in [-0.2, -0.15) is 5.10 Å². The summed E-state index contributed by atoms with van der Waals surface area (Å²) in [5.74, 6) is 1.04. The number of hydrogen-bond donors (Lipinski definition) is 1. The highest BCUT2D eigenvalue weighted by Crippen LogP contribution is 2.23. The van der Waals surface area contributed by atoms with Gasteiger partial charge in [0.1, 0.15) is 10.8 Å². The fourth-order valence-corrected chi connectivity index (χ4v) is 2.45. The number of anilines is 1. The smallest absolute Gasteiger partial charge is 0.137 e. The minimum Gasteiger partial charge on any atom is -0.389 e. The third-order valence-corrected chi connectivity index (χ3v) is 3.25. The molecule has 1 aromatic heterocycles. The molecule has 0 unspecified atom stereocenters. The number of hydrogen-bond acceptors (Lipinski definition) is 4. The molecule has 0 aliphatic rings. The van der Waals surface area contributed by atoms with E-state index in [0.29, 0.717) is 4.99 Å². The zero-order valence-corrected chi connectivity index (χ0v) is 13.4. The van der Waals surface area contributed by atoms with Crippen molar-refractivity contribution in [1.82, 2.24) is 14.7 Å². The van der Waals surface area contributed by atoms with Crippen molar-refractivity contribution in [3.05, 3.63) is 11.3 Å². The van der Waals surface area contributed by atoms with Gasteiger partial charge in [0.25, 0.3) is 0 Å². The van der Waals surface area contributed by atoms with Gasteiger partial charge in [0, 0.05) is 26.7 Å². The summed E-state index contributed by atoms with van der Waals surface area (Å²) in [4.78, 5) is 4.91. The highest BCUT2D eigenvalue weighted by Gasteiger charge is 2.20. The fourth-order valence-electron chi connectivity index (χ4n) is 2.21. The maximum atomic E-state index is 5.86. The second-order valence-corrected chi connectivity index (χ2v) is 5.50. The van der Waals surface area contributed by atoms with Gasteiger partial charge in [-0.25, -0.2) is 0 Å². The van der Waals surface area contributed by atoms with Crippen LogP contribution >= 0.6 is 12.2 Å². The van der Waals surface area contributed by atoms with Crippen LogP contribution in [0.15, 0.2) is 0 Å².